The van der Waals surface area contributed by atoms with Crippen LogP contribution >= 0.6 is 11.6 Å². The van der Waals surface area contributed by atoms with Gasteiger partial charge in [0.05, 0.1) is 14.2 Å². The average molecular weight is 486 g/mol. The Labute approximate surface area is 208 Å². The summed E-state index contributed by atoms with van der Waals surface area (Å²) in [4.78, 5) is 15.4. The summed E-state index contributed by atoms with van der Waals surface area (Å²) in [5.41, 5.74) is 3.07. The van der Waals surface area contributed by atoms with Gasteiger partial charge >= 0.3 is 6.03 Å². The molecular formula is C27H36ClN3O3. The van der Waals surface area contributed by atoms with Crippen LogP contribution in [0, 0.1) is 6.92 Å². The van der Waals surface area contributed by atoms with Crippen molar-refractivity contribution in [2.75, 3.05) is 26.1 Å². The second kappa shape index (κ2) is 10.0. The van der Waals surface area contributed by atoms with Gasteiger partial charge in [-0.1, -0.05) is 23.7 Å². The molecule has 0 bridgehead atoms. The minimum atomic E-state index is -0.178. The number of aryl methyl sites for hydroxylation is 1. The molecule has 2 aromatic carbocycles. The van der Waals surface area contributed by atoms with Crippen LogP contribution in [0.5, 0.6) is 11.5 Å². The molecule has 2 amide bonds. The van der Waals surface area contributed by atoms with Gasteiger partial charge in [0.25, 0.3) is 0 Å². The number of nitrogens with zero attached hydrogens (tertiary/aromatic N) is 1. The number of fused-ring (bicyclic) bond motifs is 1. The summed E-state index contributed by atoms with van der Waals surface area (Å²) in [6, 6.07) is 12.6. The molecule has 1 aliphatic carbocycles. The van der Waals surface area contributed by atoms with Gasteiger partial charge in [-0.25, -0.2) is 4.79 Å². The fourth-order valence-electron chi connectivity index (χ4n) is 5.89. The fraction of sp³-hybridized carbons (Fsp3) is 0.519. The van der Waals surface area contributed by atoms with Crippen molar-refractivity contribution >= 4 is 23.3 Å². The molecule has 0 aromatic heterocycles. The Morgan fingerprint density at radius 2 is 1.88 bits per heavy atom. The van der Waals surface area contributed by atoms with Crippen LogP contribution in [0.4, 0.5) is 10.5 Å². The SMILES string of the molecule is COc1ccc([C@@]23CC[C@H](NC(=O)Nc4cc(Cl)ccc4C)C[C@H]2N(C(C)C)CC3)cc1OC. The number of carbonyl (C=O) groups excluding carboxylic acids is 1. The molecule has 0 radical (unpaired) electrons. The van der Waals surface area contributed by atoms with Crippen molar-refractivity contribution in [2.24, 2.45) is 0 Å². The van der Waals surface area contributed by atoms with Gasteiger partial charge in [0.15, 0.2) is 11.5 Å². The monoisotopic (exact) mass is 485 g/mol. The van der Waals surface area contributed by atoms with Gasteiger partial charge in [0.2, 0.25) is 0 Å². The van der Waals surface area contributed by atoms with Crippen LogP contribution < -0.4 is 20.1 Å². The van der Waals surface area contributed by atoms with Crippen molar-refractivity contribution < 1.29 is 14.3 Å². The third-order valence-electron chi connectivity index (χ3n) is 7.71. The lowest BCUT2D eigenvalue weighted by Crippen LogP contribution is -2.54. The highest BCUT2D eigenvalue weighted by Crippen LogP contribution is 2.50. The number of nitrogens with one attached hydrogen (secondary N) is 2. The Balaban J connectivity index is 1.54. The first-order valence-corrected chi connectivity index (χ1v) is 12.5. The van der Waals surface area contributed by atoms with E-state index in [-0.39, 0.29) is 17.5 Å². The van der Waals surface area contributed by atoms with E-state index in [1.807, 2.05) is 25.1 Å². The molecule has 7 heteroatoms. The van der Waals surface area contributed by atoms with E-state index in [1.54, 1.807) is 20.3 Å². The van der Waals surface area contributed by atoms with Gasteiger partial charge in [-0.15, -0.1) is 0 Å². The largest absolute Gasteiger partial charge is 0.493 e. The topological polar surface area (TPSA) is 62.8 Å². The van der Waals surface area contributed by atoms with Crippen LogP contribution in [0.2, 0.25) is 5.02 Å². The van der Waals surface area contributed by atoms with Crippen molar-refractivity contribution in [1.29, 1.82) is 0 Å². The average Bonchev–Trinajstić information content (AvgIpc) is 3.21. The molecule has 0 spiro atoms. The fourth-order valence-corrected chi connectivity index (χ4v) is 6.06. The minimum absolute atomic E-state index is 0.0437. The molecule has 2 aromatic rings. The molecule has 2 fully saturated rings. The number of hydrogen-bond acceptors (Lipinski definition) is 4. The third kappa shape index (κ3) is 4.71. The lowest BCUT2D eigenvalue weighted by Gasteiger charge is -2.46. The highest BCUT2D eigenvalue weighted by molar-refractivity contribution is 6.31. The van der Waals surface area contributed by atoms with Gasteiger partial charge in [-0.05, 0) is 88.4 Å². The van der Waals surface area contributed by atoms with Gasteiger partial charge in [0, 0.05) is 34.3 Å². The zero-order chi connectivity index (χ0) is 24.5. The zero-order valence-electron chi connectivity index (χ0n) is 20.8. The van der Waals surface area contributed by atoms with Crippen LogP contribution in [0.3, 0.4) is 0 Å². The summed E-state index contributed by atoms with van der Waals surface area (Å²) in [7, 11) is 3.36. The summed E-state index contributed by atoms with van der Waals surface area (Å²) in [6.45, 7) is 7.53. The summed E-state index contributed by atoms with van der Waals surface area (Å²) >= 11 is 6.12. The van der Waals surface area contributed by atoms with Crippen LogP contribution in [0.15, 0.2) is 36.4 Å². The van der Waals surface area contributed by atoms with E-state index in [2.05, 4.69) is 41.5 Å². The molecular weight excluding hydrogens is 450 g/mol. The second-order valence-corrected chi connectivity index (χ2v) is 10.3. The number of methoxy groups -OCH3 is 2. The van der Waals surface area contributed by atoms with Crippen LogP contribution in [-0.2, 0) is 5.41 Å². The first kappa shape index (κ1) is 24.7. The second-order valence-electron chi connectivity index (χ2n) is 9.85. The van der Waals surface area contributed by atoms with E-state index in [1.165, 1.54) is 5.56 Å². The normalized spacial score (nSPS) is 24.6. The molecule has 34 heavy (non-hydrogen) atoms. The smallest absolute Gasteiger partial charge is 0.319 e. The predicted octanol–water partition coefficient (Wildman–Crippen LogP) is 5.76. The Morgan fingerprint density at radius 1 is 1.12 bits per heavy atom. The van der Waals surface area contributed by atoms with Crippen LogP contribution in [0.1, 0.15) is 50.7 Å². The quantitative estimate of drug-likeness (QED) is 0.546. The van der Waals surface area contributed by atoms with Crippen molar-refractivity contribution in [2.45, 2.75) is 70.0 Å². The summed E-state index contributed by atoms with van der Waals surface area (Å²) < 4.78 is 11.1. The van der Waals surface area contributed by atoms with Crippen LogP contribution in [0.25, 0.3) is 0 Å². The molecule has 1 saturated heterocycles. The number of ether oxygens (including phenoxy) is 2. The van der Waals surface area contributed by atoms with E-state index in [0.717, 1.165) is 55.0 Å². The number of hydrogen-bond donors (Lipinski definition) is 2. The maximum absolute atomic E-state index is 12.8. The molecule has 0 unspecified atom stereocenters. The molecule has 2 N–H and O–H groups in total. The first-order valence-electron chi connectivity index (χ1n) is 12.1. The first-order chi connectivity index (χ1) is 16.3. The Bertz CT molecular complexity index is 1040. The molecule has 1 heterocycles. The zero-order valence-corrected chi connectivity index (χ0v) is 21.5. The maximum atomic E-state index is 12.8. The minimum Gasteiger partial charge on any atom is -0.493 e. The number of amides is 2. The standard InChI is InChI=1S/C27H36ClN3O3/c1-17(2)31-13-12-27(19-7-9-23(33-4)24(14-19)34-5)11-10-21(16-25(27)31)29-26(32)30-22-15-20(28)8-6-18(22)3/h6-9,14-15,17,21,25H,10-13,16H2,1-5H3,(H2,29,30,32)/t21-,25+,27-/m0/s1. The van der Waals surface area contributed by atoms with E-state index < -0.39 is 0 Å². The summed E-state index contributed by atoms with van der Waals surface area (Å²) in [5.74, 6) is 1.52. The van der Waals surface area contributed by atoms with Crippen molar-refractivity contribution in [1.82, 2.24) is 10.2 Å². The molecule has 4 rings (SSSR count). The number of benzene rings is 2. The molecule has 1 saturated carbocycles. The van der Waals surface area contributed by atoms with Crippen LogP contribution in [-0.4, -0.2) is 49.8 Å². The highest BCUT2D eigenvalue weighted by atomic mass is 35.5. The Kier molecular flexibility index (Phi) is 7.29. The number of carbonyl (C=O) groups is 1. The maximum Gasteiger partial charge on any atom is 0.319 e. The Morgan fingerprint density at radius 3 is 2.59 bits per heavy atom. The van der Waals surface area contributed by atoms with Gasteiger partial charge in [-0.2, -0.15) is 0 Å². The van der Waals surface area contributed by atoms with Gasteiger partial charge in [0.1, 0.15) is 0 Å². The molecule has 184 valence electrons. The van der Waals surface area contributed by atoms with Crippen molar-refractivity contribution in [3.05, 3.63) is 52.5 Å². The van der Waals surface area contributed by atoms with E-state index in [0.29, 0.717) is 17.1 Å². The van der Waals surface area contributed by atoms with E-state index >= 15 is 0 Å². The molecule has 2 aliphatic rings. The number of likely N-dealkylation sites (tertiary alicyclic amines) is 1. The number of rotatable bonds is 6. The number of halogens is 1. The lowest BCUT2D eigenvalue weighted by atomic mass is 9.65. The van der Waals surface area contributed by atoms with Gasteiger partial charge < -0.3 is 20.1 Å². The van der Waals surface area contributed by atoms with E-state index in [9.17, 15) is 4.79 Å². The summed E-state index contributed by atoms with van der Waals surface area (Å²) in [5, 5.41) is 6.82. The number of urea groups is 1. The number of anilines is 1. The predicted molar refractivity (Wildman–Crippen MR) is 137 cm³/mol. The lowest BCUT2D eigenvalue weighted by molar-refractivity contribution is 0.113. The Hall–Kier alpha value is -2.44. The molecule has 6 nitrogen and oxygen atoms in total. The molecule has 3 atom stereocenters. The summed E-state index contributed by atoms with van der Waals surface area (Å²) in [6.07, 6.45) is 3.96. The van der Waals surface area contributed by atoms with Gasteiger partial charge in [-0.3, -0.25) is 4.90 Å². The van der Waals surface area contributed by atoms with Crippen molar-refractivity contribution in [3.63, 3.8) is 0 Å². The molecule has 1 aliphatic heterocycles. The third-order valence-corrected chi connectivity index (χ3v) is 7.94. The van der Waals surface area contributed by atoms with Crippen molar-refractivity contribution in [3.8, 4) is 11.5 Å². The highest BCUT2D eigenvalue weighted by Gasteiger charge is 2.52. The van der Waals surface area contributed by atoms with E-state index in [4.69, 9.17) is 21.1 Å².